The van der Waals surface area contributed by atoms with Crippen molar-refractivity contribution >= 4 is 11.8 Å². The Balaban J connectivity index is 3.71. The van der Waals surface area contributed by atoms with E-state index in [4.69, 9.17) is 4.74 Å². The third-order valence-corrected chi connectivity index (χ3v) is 1.79. The van der Waals surface area contributed by atoms with Crippen molar-refractivity contribution in [3.05, 3.63) is 0 Å². The highest BCUT2D eigenvalue weighted by atomic mass is 16.5. The van der Waals surface area contributed by atoms with Gasteiger partial charge < -0.3 is 15.4 Å². The normalized spacial score (nSPS) is 11.9. The van der Waals surface area contributed by atoms with Crippen molar-refractivity contribution in [3.8, 4) is 0 Å². The minimum atomic E-state index is -0.609. The van der Waals surface area contributed by atoms with E-state index in [1.807, 2.05) is 13.8 Å². The van der Waals surface area contributed by atoms with Crippen LogP contribution < -0.4 is 10.6 Å². The molecular formula is C9H18N2O3. The molecule has 0 radical (unpaired) electrons. The van der Waals surface area contributed by atoms with Gasteiger partial charge in [-0.1, -0.05) is 6.92 Å². The van der Waals surface area contributed by atoms with Gasteiger partial charge in [-0.2, -0.15) is 0 Å². The number of carbonyl (C=O) groups is 2. The van der Waals surface area contributed by atoms with Gasteiger partial charge in [0.1, 0.15) is 0 Å². The maximum Gasteiger partial charge on any atom is 0.309 e. The first kappa shape index (κ1) is 12.9. The molecule has 0 aliphatic carbocycles. The number of rotatable bonds is 5. The average Bonchev–Trinajstić information content (AvgIpc) is 2.17. The summed E-state index contributed by atoms with van der Waals surface area (Å²) in [5.41, 5.74) is 0. The molecule has 5 heteroatoms. The van der Waals surface area contributed by atoms with Crippen LogP contribution in [0.2, 0.25) is 0 Å². The summed E-state index contributed by atoms with van der Waals surface area (Å²) in [6.07, 6.45) is 0.803. The van der Waals surface area contributed by atoms with E-state index in [-0.39, 0.29) is 6.04 Å². The Kier molecular flexibility index (Phi) is 6.74. The number of amides is 2. The quantitative estimate of drug-likeness (QED) is 0.473. The van der Waals surface area contributed by atoms with Crippen LogP contribution in [0, 0.1) is 0 Å². The third kappa shape index (κ3) is 5.53. The monoisotopic (exact) mass is 202 g/mol. The van der Waals surface area contributed by atoms with Crippen molar-refractivity contribution in [2.75, 3.05) is 20.3 Å². The smallest absolute Gasteiger partial charge is 0.309 e. The van der Waals surface area contributed by atoms with Gasteiger partial charge in [-0.25, -0.2) is 0 Å². The van der Waals surface area contributed by atoms with Crippen LogP contribution in [-0.4, -0.2) is 38.1 Å². The van der Waals surface area contributed by atoms with E-state index in [0.29, 0.717) is 13.2 Å². The lowest BCUT2D eigenvalue weighted by molar-refractivity contribution is -0.139. The third-order valence-electron chi connectivity index (χ3n) is 1.79. The lowest BCUT2D eigenvalue weighted by Gasteiger charge is -2.10. The van der Waals surface area contributed by atoms with E-state index in [0.717, 1.165) is 6.42 Å². The summed E-state index contributed by atoms with van der Waals surface area (Å²) in [5, 5.41) is 5.00. The van der Waals surface area contributed by atoms with Crippen LogP contribution in [0.3, 0.4) is 0 Å². The largest absolute Gasteiger partial charge is 0.383 e. The zero-order valence-electron chi connectivity index (χ0n) is 8.92. The van der Waals surface area contributed by atoms with Gasteiger partial charge in [-0.3, -0.25) is 9.59 Å². The van der Waals surface area contributed by atoms with Crippen LogP contribution in [0.4, 0.5) is 0 Å². The molecule has 0 aliphatic rings. The molecular weight excluding hydrogens is 184 g/mol. The van der Waals surface area contributed by atoms with Crippen molar-refractivity contribution in [2.24, 2.45) is 0 Å². The maximum absolute atomic E-state index is 11.1. The van der Waals surface area contributed by atoms with E-state index in [1.165, 1.54) is 7.11 Å². The Morgan fingerprint density at radius 1 is 1.36 bits per heavy atom. The van der Waals surface area contributed by atoms with Crippen LogP contribution in [0.1, 0.15) is 20.3 Å². The number of hydrogen-bond acceptors (Lipinski definition) is 3. The number of methoxy groups -OCH3 is 1. The Bertz CT molecular complexity index is 194. The molecule has 2 N–H and O–H groups in total. The van der Waals surface area contributed by atoms with E-state index < -0.39 is 11.8 Å². The molecule has 0 saturated carbocycles. The van der Waals surface area contributed by atoms with Gasteiger partial charge in [0, 0.05) is 19.7 Å². The SMILES string of the molecule is CC[C@H](C)NC(=O)C(=O)NCCOC. The van der Waals surface area contributed by atoms with Gasteiger partial charge in [0.15, 0.2) is 0 Å². The minimum absolute atomic E-state index is 0.0238. The Hall–Kier alpha value is -1.10. The second kappa shape index (κ2) is 7.32. The number of ether oxygens (including phenoxy) is 1. The molecule has 0 aliphatic heterocycles. The summed E-state index contributed by atoms with van der Waals surface area (Å²) >= 11 is 0. The standard InChI is InChI=1S/C9H18N2O3/c1-4-7(2)11-9(13)8(12)10-5-6-14-3/h7H,4-6H2,1-3H3,(H,10,12)(H,11,13)/t7-/m0/s1. The molecule has 1 atom stereocenters. The van der Waals surface area contributed by atoms with E-state index in [2.05, 4.69) is 10.6 Å². The van der Waals surface area contributed by atoms with Crippen LogP contribution in [0.25, 0.3) is 0 Å². The van der Waals surface area contributed by atoms with E-state index >= 15 is 0 Å². The molecule has 0 heterocycles. The Morgan fingerprint density at radius 2 is 2.00 bits per heavy atom. The van der Waals surface area contributed by atoms with Gasteiger partial charge in [-0.05, 0) is 13.3 Å². The topological polar surface area (TPSA) is 67.4 Å². The molecule has 0 bridgehead atoms. The van der Waals surface area contributed by atoms with Crippen LogP contribution >= 0.6 is 0 Å². The van der Waals surface area contributed by atoms with Crippen molar-refractivity contribution in [2.45, 2.75) is 26.3 Å². The predicted octanol–water partition coefficient (Wildman–Crippen LogP) is -0.336. The van der Waals surface area contributed by atoms with Crippen LogP contribution in [0.15, 0.2) is 0 Å². The van der Waals surface area contributed by atoms with Crippen molar-refractivity contribution in [1.29, 1.82) is 0 Å². The summed E-state index contributed by atoms with van der Waals surface area (Å²) in [6, 6.07) is 0.0238. The Morgan fingerprint density at radius 3 is 2.50 bits per heavy atom. The van der Waals surface area contributed by atoms with Gasteiger partial charge in [0.05, 0.1) is 6.61 Å². The first-order chi connectivity index (χ1) is 6.61. The molecule has 0 aromatic rings. The van der Waals surface area contributed by atoms with Gasteiger partial charge >= 0.3 is 11.8 Å². The summed E-state index contributed by atoms with van der Waals surface area (Å²) in [7, 11) is 1.53. The maximum atomic E-state index is 11.1. The lowest BCUT2D eigenvalue weighted by Crippen LogP contribution is -2.44. The predicted molar refractivity (Wildman–Crippen MR) is 52.8 cm³/mol. The van der Waals surface area contributed by atoms with Gasteiger partial charge in [-0.15, -0.1) is 0 Å². The van der Waals surface area contributed by atoms with Gasteiger partial charge in [0.2, 0.25) is 0 Å². The number of carbonyl (C=O) groups excluding carboxylic acids is 2. The second-order valence-corrected chi connectivity index (χ2v) is 3.03. The first-order valence-corrected chi connectivity index (χ1v) is 4.69. The van der Waals surface area contributed by atoms with Crippen molar-refractivity contribution < 1.29 is 14.3 Å². The fourth-order valence-corrected chi connectivity index (χ4v) is 0.738. The highest BCUT2D eigenvalue weighted by Gasteiger charge is 2.13. The highest BCUT2D eigenvalue weighted by molar-refractivity contribution is 6.35. The lowest BCUT2D eigenvalue weighted by atomic mass is 10.2. The second-order valence-electron chi connectivity index (χ2n) is 3.03. The zero-order valence-corrected chi connectivity index (χ0v) is 8.92. The molecule has 82 valence electrons. The minimum Gasteiger partial charge on any atom is -0.383 e. The molecule has 2 amide bonds. The molecule has 14 heavy (non-hydrogen) atoms. The Labute approximate surface area is 84.2 Å². The molecule has 0 unspecified atom stereocenters. The molecule has 5 nitrogen and oxygen atoms in total. The summed E-state index contributed by atoms with van der Waals surface area (Å²) < 4.78 is 4.73. The zero-order chi connectivity index (χ0) is 11.0. The molecule has 0 saturated heterocycles. The van der Waals surface area contributed by atoms with Gasteiger partial charge in [0.25, 0.3) is 0 Å². The van der Waals surface area contributed by atoms with Crippen LogP contribution in [-0.2, 0) is 14.3 Å². The number of hydrogen-bond donors (Lipinski definition) is 2. The fourth-order valence-electron chi connectivity index (χ4n) is 0.738. The highest BCUT2D eigenvalue weighted by Crippen LogP contribution is 1.86. The average molecular weight is 202 g/mol. The van der Waals surface area contributed by atoms with Crippen molar-refractivity contribution in [3.63, 3.8) is 0 Å². The summed E-state index contributed by atoms with van der Waals surface area (Å²) in [5.74, 6) is -1.20. The molecule has 0 rings (SSSR count). The summed E-state index contributed by atoms with van der Waals surface area (Å²) in [4.78, 5) is 22.2. The molecule has 0 aromatic carbocycles. The van der Waals surface area contributed by atoms with Crippen LogP contribution in [0.5, 0.6) is 0 Å². The fraction of sp³-hybridized carbons (Fsp3) is 0.778. The number of nitrogens with one attached hydrogen (secondary N) is 2. The summed E-state index contributed by atoms with van der Waals surface area (Å²) in [6.45, 7) is 4.54. The van der Waals surface area contributed by atoms with E-state index in [1.54, 1.807) is 0 Å². The molecule has 0 spiro atoms. The van der Waals surface area contributed by atoms with Crippen molar-refractivity contribution in [1.82, 2.24) is 10.6 Å². The van der Waals surface area contributed by atoms with E-state index in [9.17, 15) is 9.59 Å². The first-order valence-electron chi connectivity index (χ1n) is 4.69. The molecule has 0 aromatic heterocycles. The molecule has 0 fully saturated rings.